The van der Waals surface area contributed by atoms with Gasteiger partial charge in [-0.25, -0.2) is 0 Å². The Balaban J connectivity index is 1.89. The van der Waals surface area contributed by atoms with Crippen LogP contribution in [0.15, 0.2) is 24.5 Å². The lowest BCUT2D eigenvalue weighted by atomic mass is 10.2. The van der Waals surface area contributed by atoms with Crippen LogP contribution in [0.4, 0.5) is 0 Å². The molecule has 1 N–H and O–H groups in total. The molecule has 1 aromatic heterocycles. The summed E-state index contributed by atoms with van der Waals surface area (Å²) in [7, 11) is 0. The van der Waals surface area contributed by atoms with Crippen LogP contribution in [0.5, 0.6) is 0 Å². The van der Waals surface area contributed by atoms with Crippen LogP contribution in [-0.4, -0.2) is 31.3 Å². The Labute approximate surface area is 98.2 Å². The molecular weight excluding hydrogens is 200 g/mol. The average Bonchev–Trinajstić information content (AvgIpc) is 2.34. The fourth-order valence-electron chi connectivity index (χ4n) is 1.45. The first kappa shape index (κ1) is 13.1. The summed E-state index contributed by atoms with van der Waals surface area (Å²) < 4.78 is 5.40. The predicted molar refractivity (Wildman–Crippen MR) is 66.5 cm³/mol. The fourth-order valence-corrected chi connectivity index (χ4v) is 1.45. The van der Waals surface area contributed by atoms with Gasteiger partial charge in [0, 0.05) is 25.6 Å². The van der Waals surface area contributed by atoms with Gasteiger partial charge in [-0.15, -0.1) is 0 Å². The van der Waals surface area contributed by atoms with Crippen LogP contribution in [-0.2, 0) is 11.2 Å². The molecule has 16 heavy (non-hydrogen) atoms. The van der Waals surface area contributed by atoms with Gasteiger partial charge in [0.2, 0.25) is 0 Å². The maximum Gasteiger partial charge on any atom is 0.0478 e. The Bertz CT molecular complexity index is 251. The van der Waals surface area contributed by atoms with Gasteiger partial charge < -0.3 is 10.1 Å². The molecule has 1 aromatic rings. The number of pyridine rings is 1. The third-order valence-electron chi connectivity index (χ3n) is 2.30. The highest BCUT2D eigenvalue weighted by Gasteiger charge is 1.92. The molecule has 0 aliphatic carbocycles. The zero-order chi connectivity index (χ0) is 11.5. The smallest absolute Gasteiger partial charge is 0.0478 e. The molecule has 0 aromatic carbocycles. The first-order valence-corrected chi connectivity index (χ1v) is 6.11. The minimum Gasteiger partial charge on any atom is -0.381 e. The summed E-state index contributed by atoms with van der Waals surface area (Å²) in [5, 5.41) is 3.40. The van der Waals surface area contributed by atoms with Crippen LogP contribution >= 0.6 is 0 Å². The molecule has 3 nitrogen and oxygen atoms in total. The number of rotatable bonds is 9. The highest BCUT2D eigenvalue weighted by molar-refractivity contribution is 5.08. The number of aromatic nitrogens is 1. The zero-order valence-corrected chi connectivity index (χ0v) is 10.1. The Morgan fingerprint density at radius 2 is 2.25 bits per heavy atom. The molecule has 1 rings (SSSR count). The molecule has 0 aliphatic heterocycles. The van der Waals surface area contributed by atoms with Crippen molar-refractivity contribution in [3.63, 3.8) is 0 Å². The topological polar surface area (TPSA) is 34.1 Å². The molecule has 0 saturated heterocycles. The first-order valence-electron chi connectivity index (χ1n) is 6.11. The van der Waals surface area contributed by atoms with Gasteiger partial charge in [0.15, 0.2) is 0 Å². The van der Waals surface area contributed by atoms with Crippen molar-refractivity contribution in [2.24, 2.45) is 0 Å². The van der Waals surface area contributed by atoms with Gasteiger partial charge in [-0.3, -0.25) is 4.98 Å². The molecule has 3 heteroatoms. The van der Waals surface area contributed by atoms with Gasteiger partial charge in [0.1, 0.15) is 0 Å². The van der Waals surface area contributed by atoms with E-state index < -0.39 is 0 Å². The molecule has 0 amide bonds. The Morgan fingerprint density at radius 3 is 3.00 bits per heavy atom. The van der Waals surface area contributed by atoms with Crippen molar-refractivity contribution in [1.29, 1.82) is 0 Å². The monoisotopic (exact) mass is 222 g/mol. The third kappa shape index (κ3) is 6.53. The second-order valence-electron chi connectivity index (χ2n) is 3.83. The quantitative estimate of drug-likeness (QED) is 0.649. The van der Waals surface area contributed by atoms with E-state index in [1.807, 2.05) is 18.5 Å². The molecule has 0 spiro atoms. The summed E-state index contributed by atoms with van der Waals surface area (Å²) in [5.41, 5.74) is 1.29. The average molecular weight is 222 g/mol. The van der Waals surface area contributed by atoms with E-state index in [0.717, 1.165) is 45.6 Å². The van der Waals surface area contributed by atoms with Crippen LogP contribution in [0.3, 0.4) is 0 Å². The molecule has 1 heterocycles. The summed E-state index contributed by atoms with van der Waals surface area (Å²) in [6, 6.07) is 4.09. The highest BCUT2D eigenvalue weighted by atomic mass is 16.5. The van der Waals surface area contributed by atoms with E-state index in [4.69, 9.17) is 4.74 Å². The van der Waals surface area contributed by atoms with Crippen molar-refractivity contribution < 1.29 is 4.74 Å². The fraction of sp³-hybridized carbons (Fsp3) is 0.615. The van der Waals surface area contributed by atoms with Gasteiger partial charge in [0.05, 0.1) is 0 Å². The summed E-state index contributed by atoms with van der Waals surface area (Å²) in [6.45, 7) is 5.93. The summed E-state index contributed by atoms with van der Waals surface area (Å²) in [4.78, 5) is 4.09. The number of nitrogens with zero attached hydrogens (tertiary/aromatic N) is 1. The number of hydrogen-bond donors (Lipinski definition) is 1. The summed E-state index contributed by atoms with van der Waals surface area (Å²) in [5.74, 6) is 0. The van der Waals surface area contributed by atoms with Crippen LogP contribution in [0, 0.1) is 0 Å². The third-order valence-corrected chi connectivity index (χ3v) is 2.30. The SMILES string of the molecule is CCCOCCCNCCc1cccnc1. The van der Waals surface area contributed by atoms with Crippen LogP contribution in [0.25, 0.3) is 0 Å². The van der Waals surface area contributed by atoms with Crippen molar-refractivity contribution in [3.8, 4) is 0 Å². The number of ether oxygens (including phenoxy) is 1. The van der Waals surface area contributed by atoms with Gasteiger partial charge in [-0.05, 0) is 44.0 Å². The van der Waals surface area contributed by atoms with Crippen LogP contribution in [0.1, 0.15) is 25.3 Å². The molecular formula is C13H22N2O. The maximum absolute atomic E-state index is 5.40. The number of hydrogen-bond acceptors (Lipinski definition) is 3. The van der Waals surface area contributed by atoms with Gasteiger partial charge in [-0.1, -0.05) is 13.0 Å². The molecule has 0 atom stereocenters. The normalized spacial score (nSPS) is 10.6. The second kappa shape index (κ2) is 9.31. The molecule has 0 bridgehead atoms. The summed E-state index contributed by atoms with van der Waals surface area (Å²) >= 11 is 0. The predicted octanol–water partition coefficient (Wildman–Crippen LogP) is 2.03. The largest absolute Gasteiger partial charge is 0.381 e. The first-order chi connectivity index (χ1) is 7.93. The molecule has 90 valence electrons. The van der Waals surface area contributed by atoms with E-state index in [0.29, 0.717) is 0 Å². The maximum atomic E-state index is 5.40. The van der Waals surface area contributed by atoms with Crippen molar-refractivity contribution in [3.05, 3.63) is 30.1 Å². The van der Waals surface area contributed by atoms with E-state index in [1.54, 1.807) is 0 Å². The van der Waals surface area contributed by atoms with Crippen molar-refractivity contribution >= 4 is 0 Å². The summed E-state index contributed by atoms with van der Waals surface area (Å²) in [6.07, 6.45) is 6.97. The van der Waals surface area contributed by atoms with Crippen LogP contribution < -0.4 is 5.32 Å². The minimum atomic E-state index is 0.869. The molecule has 0 radical (unpaired) electrons. The lowest BCUT2D eigenvalue weighted by Gasteiger charge is -2.05. The van der Waals surface area contributed by atoms with Gasteiger partial charge in [0.25, 0.3) is 0 Å². The molecule has 0 unspecified atom stereocenters. The number of nitrogens with one attached hydrogen (secondary N) is 1. The van der Waals surface area contributed by atoms with E-state index >= 15 is 0 Å². The lowest BCUT2D eigenvalue weighted by Crippen LogP contribution is -2.19. The van der Waals surface area contributed by atoms with E-state index in [1.165, 1.54) is 5.56 Å². The van der Waals surface area contributed by atoms with E-state index in [2.05, 4.69) is 23.3 Å². The molecule has 0 saturated carbocycles. The van der Waals surface area contributed by atoms with Crippen LogP contribution in [0.2, 0.25) is 0 Å². The van der Waals surface area contributed by atoms with Crippen molar-refractivity contribution in [1.82, 2.24) is 10.3 Å². The molecule has 0 aliphatic rings. The van der Waals surface area contributed by atoms with Gasteiger partial charge in [-0.2, -0.15) is 0 Å². The standard InChI is InChI=1S/C13H22N2O/c1-2-10-16-11-4-8-14-9-6-13-5-3-7-15-12-13/h3,5,7,12,14H,2,4,6,8-11H2,1H3. The highest BCUT2D eigenvalue weighted by Crippen LogP contribution is 1.95. The molecule has 0 fully saturated rings. The van der Waals surface area contributed by atoms with Crippen molar-refractivity contribution in [2.45, 2.75) is 26.2 Å². The van der Waals surface area contributed by atoms with E-state index in [-0.39, 0.29) is 0 Å². The van der Waals surface area contributed by atoms with Gasteiger partial charge >= 0.3 is 0 Å². The second-order valence-corrected chi connectivity index (χ2v) is 3.83. The minimum absolute atomic E-state index is 0.869. The Morgan fingerprint density at radius 1 is 1.31 bits per heavy atom. The Hall–Kier alpha value is -0.930. The van der Waals surface area contributed by atoms with E-state index in [9.17, 15) is 0 Å². The van der Waals surface area contributed by atoms with Crippen molar-refractivity contribution in [2.75, 3.05) is 26.3 Å². The lowest BCUT2D eigenvalue weighted by molar-refractivity contribution is 0.132. The Kier molecular flexibility index (Phi) is 7.64. The zero-order valence-electron chi connectivity index (χ0n) is 10.1.